The molecule has 0 aromatic carbocycles. The zero-order chi connectivity index (χ0) is 23.7. The Balaban J connectivity index is 1.33. The highest BCUT2D eigenvalue weighted by atomic mass is 28.3. The van der Waals surface area contributed by atoms with E-state index in [9.17, 15) is 27.6 Å². The second kappa shape index (κ2) is 9.55. The number of carbonyl (C=O) groups excluding carboxylic acids is 3. The van der Waals surface area contributed by atoms with Gasteiger partial charge in [-0.1, -0.05) is 19.6 Å². The number of hydrogen-bond acceptors (Lipinski definition) is 6. The van der Waals surface area contributed by atoms with Crippen LogP contribution in [0.15, 0.2) is 0 Å². The summed E-state index contributed by atoms with van der Waals surface area (Å²) in [5.41, 5.74) is 4.59. The van der Waals surface area contributed by atoms with Crippen molar-refractivity contribution >= 4 is 26.0 Å². The molecule has 3 N–H and O–H groups in total. The Morgan fingerprint density at radius 2 is 1.66 bits per heavy atom. The molecule has 2 bridgehead atoms. The van der Waals surface area contributed by atoms with E-state index in [1.165, 1.54) is 0 Å². The Hall–Kier alpha value is -1.86. The normalized spacial score (nSPS) is 31.6. The monoisotopic (exact) mass is 481 g/mol. The first-order valence-corrected chi connectivity index (χ1v) is 14.4. The van der Waals surface area contributed by atoms with Crippen LogP contribution in [0.2, 0.25) is 25.7 Å². The largest absolute Gasteiger partial charge is 0.522 e. The van der Waals surface area contributed by atoms with Crippen molar-refractivity contribution in [1.82, 2.24) is 16.2 Å². The summed E-state index contributed by atoms with van der Waals surface area (Å²) >= 11 is 0. The Morgan fingerprint density at radius 3 is 2.22 bits per heavy atom. The van der Waals surface area contributed by atoms with E-state index in [0.29, 0.717) is 19.4 Å². The summed E-state index contributed by atoms with van der Waals surface area (Å²) in [6, 6.07) is 0.636. The molecule has 4 atom stereocenters. The number of halogens is 3. The van der Waals surface area contributed by atoms with Gasteiger partial charge in [-0.05, 0) is 31.7 Å². The molecule has 0 spiro atoms. The van der Waals surface area contributed by atoms with Crippen LogP contribution in [-0.4, -0.2) is 63.3 Å². The summed E-state index contributed by atoms with van der Waals surface area (Å²) in [5.74, 6) is -2.10. The van der Waals surface area contributed by atoms with E-state index in [1.54, 1.807) is 0 Å². The molecule has 182 valence electrons. The van der Waals surface area contributed by atoms with Crippen LogP contribution in [0, 0.1) is 11.8 Å². The highest BCUT2D eigenvalue weighted by molar-refractivity contribution is 6.76. The molecule has 2 heterocycles. The minimum absolute atomic E-state index is 0.0557. The molecule has 3 aliphatic rings. The van der Waals surface area contributed by atoms with Crippen molar-refractivity contribution in [3.63, 3.8) is 0 Å². The summed E-state index contributed by atoms with van der Waals surface area (Å²) in [4.78, 5) is 36.4. The molecule has 9 nitrogen and oxygen atoms in total. The molecule has 32 heavy (non-hydrogen) atoms. The molecule has 3 amide bonds. The number of fused-ring (bicyclic) bond motifs is 2. The quantitative estimate of drug-likeness (QED) is 0.379. The molecule has 0 radical (unpaired) electrons. The number of carbonyl (C=O) groups is 3. The lowest BCUT2D eigenvalue weighted by Gasteiger charge is -2.34. The van der Waals surface area contributed by atoms with Gasteiger partial charge >= 0.3 is 12.5 Å². The van der Waals surface area contributed by atoms with Gasteiger partial charge in [-0.15, -0.1) is 13.2 Å². The number of hydrogen-bond donors (Lipinski definition) is 3. The highest BCUT2D eigenvalue weighted by Crippen LogP contribution is 2.39. The fourth-order valence-electron chi connectivity index (χ4n) is 4.11. The molecule has 2 saturated heterocycles. The fourth-order valence-corrected chi connectivity index (χ4v) is 4.83. The molecule has 0 aromatic heterocycles. The molecular formula is C19H30F3N3O6Si. The molecule has 3 fully saturated rings. The molecule has 13 heteroatoms. The van der Waals surface area contributed by atoms with Crippen LogP contribution >= 0.6 is 0 Å². The van der Waals surface area contributed by atoms with E-state index in [-0.39, 0.29) is 25.0 Å². The van der Waals surface area contributed by atoms with Gasteiger partial charge in [0.15, 0.2) is 0 Å². The van der Waals surface area contributed by atoms with Gasteiger partial charge in [-0.25, -0.2) is 4.79 Å². The molecule has 4 unspecified atom stereocenters. The van der Waals surface area contributed by atoms with Crippen molar-refractivity contribution in [2.45, 2.75) is 82.1 Å². The molecule has 0 aromatic rings. The fraction of sp³-hybridized carbons (Fsp3) is 0.842. The first-order chi connectivity index (χ1) is 14.8. The number of alkyl carbamates (subject to hydrolysis) is 1. The van der Waals surface area contributed by atoms with Crippen LogP contribution in [0.25, 0.3) is 0 Å². The van der Waals surface area contributed by atoms with Crippen LogP contribution in [-0.2, 0) is 23.8 Å². The Bertz CT molecular complexity index is 726. The van der Waals surface area contributed by atoms with Crippen LogP contribution in [0.5, 0.6) is 0 Å². The van der Waals surface area contributed by atoms with Crippen molar-refractivity contribution < 1.29 is 41.8 Å². The number of hydrazine groups is 1. The van der Waals surface area contributed by atoms with E-state index < -0.39 is 56.4 Å². The van der Waals surface area contributed by atoms with E-state index in [4.69, 9.17) is 9.47 Å². The zero-order valence-electron chi connectivity index (χ0n) is 18.3. The van der Waals surface area contributed by atoms with E-state index >= 15 is 0 Å². The third kappa shape index (κ3) is 6.82. The predicted molar refractivity (Wildman–Crippen MR) is 108 cm³/mol. The minimum atomic E-state index is -4.72. The van der Waals surface area contributed by atoms with Crippen molar-refractivity contribution in [1.29, 1.82) is 0 Å². The third-order valence-corrected chi connectivity index (χ3v) is 7.72. The summed E-state index contributed by atoms with van der Waals surface area (Å²) < 4.78 is 51.2. The van der Waals surface area contributed by atoms with Crippen molar-refractivity contribution in [2.24, 2.45) is 11.8 Å². The van der Waals surface area contributed by atoms with Gasteiger partial charge in [0, 0.05) is 14.0 Å². The van der Waals surface area contributed by atoms with Gasteiger partial charge in [0.05, 0.1) is 36.9 Å². The van der Waals surface area contributed by atoms with Gasteiger partial charge < -0.3 is 14.8 Å². The highest BCUT2D eigenvalue weighted by Gasteiger charge is 2.51. The summed E-state index contributed by atoms with van der Waals surface area (Å²) in [6.45, 7) is 6.95. The standard InChI is InChI=1S/C19H30F3N3O6Si/c1-32(2,3)5-4-29-18(28)23-13-9-14-12(8-15(13)30-14)17(27)25-24-16(26)10-6-11(7-10)31-19(20,21)22/h10-15H,4-9H2,1-3H3,(H,23,28)(H,24,26)(H,25,27). The first-order valence-electron chi connectivity index (χ1n) is 10.7. The van der Waals surface area contributed by atoms with Gasteiger partial charge in [0.25, 0.3) is 0 Å². The zero-order valence-corrected chi connectivity index (χ0v) is 19.3. The number of ether oxygens (including phenoxy) is 3. The van der Waals surface area contributed by atoms with Crippen molar-refractivity contribution in [3.8, 4) is 0 Å². The van der Waals surface area contributed by atoms with Gasteiger partial charge in [0.1, 0.15) is 0 Å². The number of amides is 3. The summed E-state index contributed by atoms with van der Waals surface area (Å²) in [5, 5.41) is 2.79. The van der Waals surface area contributed by atoms with Crippen LogP contribution in [0.4, 0.5) is 18.0 Å². The van der Waals surface area contributed by atoms with Gasteiger partial charge in [-0.3, -0.25) is 25.2 Å². The van der Waals surface area contributed by atoms with Crippen molar-refractivity contribution in [3.05, 3.63) is 0 Å². The molecule has 1 aliphatic carbocycles. The van der Waals surface area contributed by atoms with Crippen molar-refractivity contribution in [2.75, 3.05) is 6.61 Å². The maximum atomic E-state index is 12.4. The Morgan fingerprint density at radius 1 is 1.00 bits per heavy atom. The topological polar surface area (TPSA) is 115 Å². The average Bonchev–Trinajstić information content (AvgIpc) is 3.20. The predicted octanol–water partition coefficient (Wildman–Crippen LogP) is 2.06. The lowest BCUT2D eigenvalue weighted by atomic mass is 9.82. The van der Waals surface area contributed by atoms with E-state index in [1.807, 2.05) is 0 Å². The summed E-state index contributed by atoms with van der Waals surface area (Å²) in [6.07, 6.45) is -6.23. The number of nitrogens with one attached hydrogen (secondary N) is 3. The minimum Gasteiger partial charge on any atom is -0.450 e. The van der Waals surface area contributed by atoms with Crippen LogP contribution in [0.1, 0.15) is 25.7 Å². The second-order valence-electron chi connectivity index (χ2n) is 9.82. The SMILES string of the molecule is C[Si](C)(C)CCOC(=O)NC1CC2OC1CC2C(=O)NNC(=O)C1CC(OC(F)(F)F)C1. The molecular weight excluding hydrogens is 451 g/mol. The van der Waals surface area contributed by atoms with E-state index in [2.05, 4.69) is 40.5 Å². The third-order valence-electron chi connectivity index (χ3n) is 6.02. The smallest absolute Gasteiger partial charge is 0.450 e. The lowest BCUT2D eigenvalue weighted by Crippen LogP contribution is -2.52. The Labute approximate surface area is 185 Å². The van der Waals surface area contributed by atoms with Crippen LogP contribution < -0.4 is 16.2 Å². The molecule has 1 saturated carbocycles. The average molecular weight is 482 g/mol. The second-order valence-corrected chi connectivity index (χ2v) is 15.4. The maximum Gasteiger partial charge on any atom is 0.522 e. The van der Waals surface area contributed by atoms with Crippen LogP contribution in [0.3, 0.4) is 0 Å². The number of alkyl halides is 3. The lowest BCUT2D eigenvalue weighted by molar-refractivity contribution is -0.353. The van der Waals surface area contributed by atoms with Gasteiger partial charge in [-0.2, -0.15) is 0 Å². The van der Waals surface area contributed by atoms with Gasteiger partial charge in [0.2, 0.25) is 11.8 Å². The maximum absolute atomic E-state index is 12.4. The molecule has 3 rings (SSSR count). The number of rotatable bonds is 7. The summed E-state index contributed by atoms with van der Waals surface area (Å²) in [7, 11) is -1.29. The first kappa shape index (κ1) is 24.8. The molecule has 2 aliphatic heterocycles. The van der Waals surface area contributed by atoms with E-state index in [0.717, 1.165) is 6.04 Å². The Kier molecular flexibility index (Phi) is 7.40.